The lowest BCUT2D eigenvalue weighted by Gasteiger charge is -2.35. The quantitative estimate of drug-likeness (QED) is 0.680. The first-order valence-corrected chi connectivity index (χ1v) is 9.96. The Bertz CT molecular complexity index is 763. The van der Waals surface area contributed by atoms with E-state index in [4.69, 9.17) is 4.74 Å². The van der Waals surface area contributed by atoms with E-state index < -0.39 is 0 Å². The van der Waals surface area contributed by atoms with Crippen LogP contribution in [0.15, 0.2) is 67.3 Å². The number of hydrogen-bond donors (Lipinski definition) is 0. The molecule has 0 aromatic heterocycles. The molecule has 4 heteroatoms. The topological polar surface area (TPSA) is 32.8 Å². The first-order valence-electron chi connectivity index (χ1n) is 9.96. The summed E-state index contributed by atoms with van der Waals surface area (Å²) in [5, 5.41) is 0. The van der Waals surface area contributed by atoms with Crippen molar-refractivity contribution < 1.29 is 9.53 Å². The molecule has 28 heavy (non-hydrogen) atoms. The van der Waals surface area contributed by atoms with E-state index in [1.165, 1.54) is 5.56 Å². The minimum absolute atomic E-state index is 0.0314. The predicted octanol–water partition coefficient (Wildman–Crippen LogP) is 4.12. The van der Waals surface area contributed by atoms with Gasteiger partial charge in [0, 0.05) is 38.3 Å². The number of morpholine rings is 1. The number of carbonyl (C=O) groups excluding carboxylic acids is 1. The van der Waals surface area contributed by atoms with Crippen LogP contribution < -0.4 is 0 Å². The maximum atomic E-state index is 13.0. The third-order valence-electron chi connectivity index (χ3n) is 4.96. The fraction of sp³-hybridized carbons (Fsp3) is 0.375. The Morgan fingerprint density at radius 1 is 1.07 bits per heavy atom. The summed E-state index contributed by atoms with van der Waals surface area (Å²) in [7, 11) is 0. The highest BCUT2D eigenvalue weighted by Gasteiger charge is 2.22. The van der Waals surface area contributed by atoms with Crippen LogP contribution in [0.3, 0.4) is 0 Å². The number of amides is 1. The van der Waals surface area contributed by atoms with Crippen LogP contribution in [0, 0.1) is 0 Å². The number of benzene rings is 2. The lowest BCUT2D eigenvalue weighted by molar-refractivity contribution is -0.0704. The molecule has 2 unspecified atom stereocenters. The summed E-state index contributed by atoms with van der Waals surface area (Å²) < 4.78 is 5.80. The van der Waals surface area contributed by atoms with Gasteiger partial charge in [0.05, 0.1) is 12.2 Å². The summed E-state index contributed by atoms with van der Waals surface area (Å²) in [6, 6.07) is 18.0. The molecule has 2 aromatic carbocycles. The van der Waals surface area contributed by atoms with Crippen molar-refractivity contribution >= 4 is 5.91 Å². The normalized spacial score (nSPS) is 19.9. The Hall–Kier alpha value is -2.43. The number of nitrogens with zero attached hydrogens (tertiary/aromatic N) is 2. The van der Waals surface area contributed by atoms with E-state index in [0.29, 0.717) is 18.7 Å². The molecule has 148 valence electrons. The molecule has 1 fully saturated rings. The van der Waals surface area contributed by atoms with Crippen molar-refractivity contribution in [1.29, 1.82) is 0 Å². The van der Waals surface area contributed by atoms with Crippen LogP contribution in [0.2, 0.25) is 0 Å². The van der Waals surface area contributed by atoms with Gasteiger partial charge in [-0.3, -0.25) is 9.69 Å². The highest BCUT2D eigenvalue weighted by atomic mass is 16.5. The number of ether oxygens (including phenoxy) is 1. The maximum absolute atomic E-state index is 13.0. The van der Waals surface area contributed by atoms with Crippen LogP contribution in [0.4, 0.5) is 0 Å². The second-order valence-corrected chi connectivity index (χ2v) is 7.61. The van der Waals surface area contributed by atoms with Crippen LogP contribution >= 0.6 is 0 Å². The van der Waals surface area contributed by atoms with Crippen molar-refractivity contribution in [3.63, 3.8) is 0 Å². The molecule has 0 radical (unpaired) electrons. The van der Waals surface area contributed by atoms with Crippen LogP contribution in [0.1, 0.15) is 35.3 Å². The molecule has 0 spiro atoms. The van der Waals surface area contributed by atoms with Gasteiger partial charge in [-0.05, 0) is 37.1 Å². The van der Waals surface area contributed by atoms with Crippen LogP contribution in [-0.4, -0.2) is 47.5 Å². The molecular weight excluding hydrogens is 348 g/mol. The Balaban J connectivity index is 1.65. The minimum atomic E-state index is 0.0314. The number of rotatable bonds is 7. The van der Waals surface area contributed by atoms with E-state index in [1.54, 1.807) is 6.08 Å². The van der Waals surface area contributed by atoms with Gasteiger partial charge in [0.25, 0.3) is 5.91 Å². The average molecular weight is 379 g/mol. The Morgan fingerprint density at radius 2 is 1.71 bits per heavy atom. The first-order chi connectivity index (χ1) is 13.5. The fourth-order valence-electron chi connectivity index (χ4n) is 3.79. The van der Waals surface area contributed by atoms with E-state index in [0.717, 1.165) is 25.2 Å². The molecule has 0 saturated carbocycles. The van der Waals surface area contributed by atoms with Crippen molar-refractivity contribution in [2.45, 2.75) is 39.1 Å². The molecule has 2 aromatic rings. The van der Waals surface area contributed by atoms with Gasteiger partial charge in [0.1, 0.15) is 0 Å². The van der Waals surface area contributed by atoms with E-state index in [1.807, 2.05) is 47.4 Å². The van der Waals surface area contributed by atoms with Gasteiger partial charge < -0.3 is 9.64 Å². The second kappa shape index (κ2) is 9.67. The van der Waals surface area contributed by atoms with Crippen molar-refractivity contribution in [2.75, 3.05) is 19.6 Å². The van der Waals surface area contributed by atoms with Crippen molar-refractivity contribution in [1.82, 2.24) is 9.80 Å². The zero-order valence-corrected chi connectivity index (χ0v) is 16.9. The molecule has 0 bridgehead atoms. The molecular formula is C24H30N2O2. The molecule has 3 rings (SSSR count). The lowest BCUT2D eigenvalue weighted by atomic mass is 10.1. The van der Waals surface area contributed by atoms with E-state index in [2.05, 4.69) is 37.5 Å². The molecule has 1 aliphatic heterocycles. The summed E-state index contributed by atoms with van der Waals surface area (Å²) in [6.45, 7) is 11.9. The molecule has 1 saturated heterocycles. The lowest BCUT2D eigenvalue weighted by Crippen LogP contribution is -2.44. The summed E-state index contributed by atoms with van der Waals surface area (Å²) in [5.74, 6) is 0.0314. The molecule has 1 heterocycles. The Labute approximate surface area is 168 Å². The third-order valence-corrected chi connectivity index (χ3v) is 4.96. The average Bonchev–Trinajstić information content (AvgIpc) is 2.68. The summed E-state index contributed by atoms with van der Waals surface area (Å²) in [5.41, 5.74) is 3.05. The smallest absolute Gasteiger partial charge is 0.254 e. The molecule has 0 aliphatic carbocycles. The fourth-order valence-corrected chi connectivity index (χ4v) is 3.79. The van der Waals surface area contributed by atoms with Crippen LogP contribution in [0.25, 0.3) is 0 Å². The molecule has 2 atom stereocenters. The summed E-state index contributed by atoms with van der Waals surface area (Å²) in [6.07, 6.45) is 2.29. The van der Waals surface area contributed by atoms with Gasteiger partial charge >= 0.3 is 0 Å². The third kappa shape index (κ3) is 5.54. The molecule has 1 amide bonds. The predicted molar refractivity (Wildman–Crippen MR) is 113 cm³/mol. The monoisotopic (exact) mass is 378 g/mol. The van der Waals surface area contributed by atoms with Crippen molar-refractivity contribution in [2.24, 2.45) is 0 Å². The van der Waals surface area contributed by atoms with Crippen LogP contribution in [-0.2, 0) is 17.8 Å². The standard InChI is InChI=1S/C24H30N2O2/c1-4-14-26(18-21-8-6-5-7-9-21)24(27)23-12-10-22(11-13-23)17-25-15-19(2)28-20(3)16-25/h4-13,19-20H,1,14-18H2,2-3H3. The largest absolute Gasteiger partial charge is 0.373 e. The van der Waals surface area contributed by atoms with Crippen LogP contribution in [0.5, 0.6) is 0 Å². The van der Waals surface area contributed by atoms with E-state index in [9.17, 15) is 4.79 Å². The van der Waals surface area contributed by atoms with E-state index >= 15 is 0 Å². The zero-order valence-electron chi connectivity index (χ0n) is 16.9. The van der Waals surface area contributed by atoms with Crippen molar-refractivity contribution in [3.8, 4) is 0 Å². The number of hydrogen-bond acceptors (Lipinski definition) is 3. The van der Waals surface area contributed by atoms with Gasteiger partial charge in [-0.15, -0.1) is 6.58 Å². The van der Waals surface area contributed by atoms with Gasteiger partial charge in [-0.25, -0.2) is 0 Å². The molecule has 1 aliphatic rings. The Kier molecular flexibility index (Phi) is 7.01. The van der Waals surface area contributed by atoms with Gasteiger partial charge in [-0.1, -0.05) is 48.5 Å². The van der Waals surface area contributed by atoms with Gasteiger partial charge in [0.15, 0.2) is 0 Å². The van der Waals surface area contributed by atoms with E-state index in [-0.39, 0.29) is 18.1 Å². The number of carbonyl (C=O) groups is 1. The van der Waals surface area contributed by atoms with Gasteiger partial charge in [0.2, 0.25) is 0 Å². The Morgan fingerprint density at radius 3 is 2.32 bits per heavy atom. The minimum Gasteiger partial charge on any atom is -0.373 e. The maximum Gasteiger partial charge on any atom is 0.254 e. The van der Waals surface area contributed by atoms with Gasteiger partial charge in [-0.2, -0.15) is 0 Å². The highest BCUT2D eigenvalue weighted by molar-refractivity contribution is 5.94. The molecule has 4 nitrogen and oxygen atoms in total. The molecule has 0 N–H and O–H groups in total. The summed E-state index contributed by atoms with van der Waals surface area (Å²) >= 11 is 0. The second-order valence-electron chi connectivity index (χ2n) is 7.61. The summed E-state index contributed by atoms with van der Waals surface area (Å²) in [4.78, 5) is 17.2. The zero-order chi connectivity index (χ0) is 19.9. The highest BCUT2D eigenvalue weighted by Crippen LogP contribution is 2.16. The first kappa shape index (κ1) is 20.3. The van der Waals surface area contributed by atoms with Crippen molar-refractivity contribution in [3.05, 3.63) is 83.9 Å². The SMILES string of the molecule is C=CCN(Cc1ccccc1)C(=O)c1ccc(CN2CC(C)OC(C)C2)cc1.